The Kier molecular flexibility index (Phi) is 7.87. The average molecular weight is 410 g/mol. The summed E-state index contributed by atoms with van der Waals surface area (Å²) in [4.78, 5) is 8.69. The lowest BCUT2D eigenvalue weighted by Gasteiger charge is -2.12. The predicted octanol–water partition coefficient (Wildman–Crippen LogP) is 3.18. The lowest BCUT2D eigenvalue weighted by atomic mass is 10.1. The first-order valence-corrected chi connectivity index (χ1v) is 7.10. The van der Waals surface area contributed by atoms with Gasteiger partial charge in [0.05, 0.1) is 12.2 Å². The number of rotatable bonds is 4. The van der Waals surface area contributed by atoms with Crippen molar-refractivity contribution >= 4 is 29.9 Å². The van der Waals surface area contributed by atoms with Crippen molar-refractivity contribution < 1.29 is 0 Å². The van der Waals surface area contributed by atoms with Gasteiger partial charge in [0.15, 0.2) is 5.96 Å². The molecule has 0 aliphatic carbocycles. The van der Waals surface area contributed by atoms with E-state index in [1.54, 1.807) is 7.05 Å². The van der Waals surface area contributed by atoms with Crippen molar-refractivity contribution in [3.63, 3.8) is 0 Å². The Morgan fingerprint density at radius 3 is 2.32 bits per heavy atom. The summed E-state index contributed by atoms with van der Waals surface area (Å²) in [6.07, 6.45) is 0. The number of aryl methyl sites for hydroxylation is 2. The highest BCUT2D eigenvalue weighted by Crippen LogP contribution is 2.02. The number of halogens is 1. The Balaban J connectivity index is 0.00000242. The second-order valence-electron chi connectivity index (χ2n) is 5.04. The van der Waals surface area contributed by atoms with Gasteiger partial charge in [0.1, 0.15) is 0 Å². The molecule has 0 saturated heterocycles. The molecule has 22 heavy (non-hydrogen) atoms. The summed E-state index contributed by atoms with van der Waals surface area (Å²) in [5.41, 5.74) is 4.54. The van der Waals surface area contributed by atoms with Crippen molar-refractivity contribution in [2.75, 3.05) is 7.05 Å². The SMILES string of the molecule is CN=C(NCc1ccc(C)cc1)NCc1cccc(C)n1.I. The van der Waals surface area contributed by atoms with Crippen molar-refractivity contribution in [2.24, 2.45) is 4.99 Å². The molecule has 0 fully saturated rings. The highest BCUT2D eigenvalue weighted by Gasteiger charge is 2.00. The van der Waals surface area contributed by atoms with Crippen LogP contribution >= 0.6 is 24.0 Å². The van der Waals surface area contributed by atoms with E-state index in [1.807, 2.05) is 25.1 Å². The fourth-order valence-corrected chi connectivity index (χ4v) is 1.98. The van der Waals surface area contributed by atoms with E-state index in [0.717, 1.165) is 23.9 Å². The summed E-state index contributed by atoms with van der Waals surface area (Å²) in [7, 11) is 1.77. The van der Waals surface area contributed by atoms with Crippen molar-refractivity contribution in [3.05, 3.63) is 65.0 Å². The number of guanidine groups is 1. The van der Waals surface area contributed by atoms with Gasteiger partial charge >= 0.3 is 0 Å². The molecule has 2 aromatic rings. The molecule has 0 amide bonds. The first-order chi connectivity index (χ1) is 10.2. The van der Waals surface area contributed by atoms with Gasteiger partial charge in [0.2, 0.25) is 0 Å². The van der Waals surface area contributed by atoms with Gasteiger partial charge in [0, 0.05) is 19.3 Å². The zero-order chi connectivity index (χ0) is 15.1. The van der Waals surface area contributed by atoms with Crippen LogP contribution in [-0.2, 0) is 13.1 Å². The van der Waals surface area contributed by atoms with Crippen LogP contribution in [0.25, 0.3) is 0 Å². The van der Waals surface area contributed by atoms with Gasteiger partial charge in [-0.3, -0.25) is 9.98 Å². The van der Waals surface area contributed by atoms with Crippen LogP contribution in [0.2, 0.25) is 0 Å². The van der Waals surface area contributed by atoms with Crippen LogP contribution in [0.15, 0.2) is 47.5 Å². The molecule has 1 aromatic carbocycles. The van der Waals surface area contributed by atoms with Gasteiger partial charge in [-0.25, -0.2) is 0 Å². The van der Waals surface area contributed by atoms with Crippen molar-refractivity contribution in [1.29, 1.82) is 0 Å². The molecule has 0 unspecified atom stereocenters. The smallest absolute Gasteiger partial charge is 0.191 e. The predicted molar refractivity (Wildman–Crippen MR) is 103 cm³/mol. The fraction of sp³-hybridized carbons (Fsp3) is 0.294. The van der Waals surface area contributed by atoms with Gasteiger partial charge in [-0.15, -0.1) is 24.0 Å². The molecular formula is C17H23IN4. The Bertz CT molecular complexity index is 608. The Morgan fingerprint density at radius 1 is 1.00 bits per heavy atom. The van der Waals surface area contributed by atoms with E-state index >= 15 is 0 Å². The van der Waals surface area contributed by atoms with Gasteiger partial charge in [-0.1, -0.05) is 35.9 Å². The van der Waals surface area contributed by atoms with E-state index in [1.165, 1.54) is 11.1 Å². The van der Waals surface area contributed by atoms with E-state index < -0.39 is 0 Å². The number of nitrogens with zero attached hydrogens (tertiary/aromatic N) is 2. The third-order valence-electron chi connectivity index (χ3n) is 3.19. The monoisotopic (exact) mass is 410 g/mol. The summed E-state index contributed by atoms with van der Waals surface area (Å²) in [5, 5.41) is 6.57. The van der Waals surface area contributed by atoms with Gasteiger partial charge in [-0.2, -0.15) is 0 Å². The first kappa shape index (κ1) is 18.4. The van der Waals surface area contributed by atoms with Crippen LogP contribution in [0, 0.1) is 13.8 Å². The van der Waals surface area contributed by atoms with E-state index in [9.17, 15) is 0 Å². The second-order valence-corrected chi connectivity index (χ2v) is 5.04. The number of aliphatic imine (C=N–C) groups is 1. The normalized spacial score (nSPS) is 10.8. The van der Waals surface area contributed by atoms with Crippen molar-refractivity contribution in [3.8, 4) is 0 Å². The third kappa shape index (κ3) is 6.01. The van der Waals surface area contributed by atoms with Crippen molar-refractivity contribution in [2.45, 2.75) is 26.9 Å². The zero-order valence-electron chi connectivity index (χ0n) is 13.3. The molecule has 1 heterocycles. The summed E-state index contributed by atoms with van der Waals surface area (Å²) in [6, 6.07) is 14.5. The number of pyridine rings is 1. The second kappa shape index (κ2) is 9.40. The average Bonchev–Trinajstić information content (AvgIpc) is 2.49. The minimum atomic E-state index is 0. The molecule has 0 bridgehead atoms. The lowest BCUT2D eigenvalue weighted by Crippen LogP contribution is -2.36. The Morgan fingerprint density at radius 2 is 1.68 bits per heavy atom. The van der Waals surface area contributed by atoms with E-state index in [2.05, 4.69) is 51.8 Å². The van der Waals surface area contributed by atoms with Gasteiger partial charge in [-0.05, 0) is 31.5 Å². The minimum Gasteiger partial charge on any atom is -0.352 e. The van der Waals surface area contributed by atoms with Crippen LogP contribution in [0.4, 0.5) is 0 Å². The number of benzene rings is 1. The first-order valence-electron chi connectivity index (χ1n) is 7.10. The number of hydrogen-bond acceptors (Lipinski definition) is 2. The highest BCUT2D eigenvalue weighted by molar-refractivity contribution is 14.0. The maximum Gasteiger partial charge on any atom is 0.191 e. The van der Waals surface area contributed by atoms with Crippen LogP contribution in [0.1, 0.15) is 22.5 Å². The molecule has 0 aliphatic heterocycles. The summed E-state index contributed by atoms with van der Waals surface area (Å²) < 4.78 is 0. The molecule has 1 aromatic heterocycles. The zero-order valence-corrected chi connectivity index (χ0v) is 15.6. The van der Waals surface area contributed by atoms with Crippen LogP contribution in [0.3, 0.4) is 0 Å². The number of hydrogen-bond donors (Lipinski definition) is 2. The van der Waals surface area contributed by atoms with Gasteiger partial charge < -0.3 is 10.6 Å². The lowest BCUT2D eigenvalue weighted by molar-refractivity contribution is 0.791. The third-order valence-corrected chi connectivity index (χ3v) is 3.19. The minimum absolute atomic E-state index is 0. The number of aromatic nitrogens is 1. The van der Waals surface area contributed by atoms with E-state index in [4.69, 9.17) is 0 Å². The van der Waals surface area contributed by atoms with E-state index in [0.29, 0.717) is 6.54 Å². The molecule has 0 atom stereocenters. The molecule has 5 heteroatoms. The summed E-state index contributed by atoms with van der Waals surface area (Å²) in [6.45, 7) is 5.50. The largest absolute Gasteiger partial charge is 0.352 e. The molecule has 2 rings (SSSR count). The van der Waals surface area contributed by atoms with Crippen LogP contribution < -0.4 is 10.6 Å². The maximum absolute atomic E-state index is 4.46. The van der Waals surface area contributed by atoms with E-state index in [-0.39, 0.29) is 24.0 Å². The fourth-order valence-electron chi connectivity index (χ4n) is 1.98. The molecule has 0 spiro atoms. The maximum atomic E-state index is 4.46. The standard InChI is InChI=1S/C17H22N4.HI/c1-13-7-9-15(10-8-13)11-19-17(18-3)20-12-16-6-4-5-14(2)21-16;/h4-10H,11-12H2,1-3H3,(H2,18,19,20);1H. The summed E-state index contributed by atoms with van der Waals surface area (Å²) in [5.74, 6) is 0.777. The molecular weight excluding hydrogens is 387 g/mol. The molecule has 118 valence electrons. The van der Waals surface area contributed by atoms with Crippen LogP contribution in [-0.4, -0.2) is 18.0 Å². The molecule has 2 N–H and O–H groups in total. The quantitative estimate of drug-likeness (QED) is 0.463. The topological polar surface area (TPSA) is 49.3 Å². The number of nitrogens with one attached hydrogen (secondary N) is 2. The van der Waals surface area contributed by atoms with Crippen LogP contribution in [0.5, 0.6) is 0 Å². The highest BCUT2D eigenvalue weighted by atomic mass is 127. The summed E-state index contributed by atoms with van der Waals surface area (Å²) >= 11 is 0. The molecule has 0 aliphatic rings. The van der Waals surface area contributed by atoms with Gasteiger partial charge in [0.25, 0.3) is 0 Å². The Labute approximate surface area is 149 Å². The Hall–Kier alpha value is -1.63. The molecule has 4 nitrogen and oxygen atoms in total. The molecule has 0 saturated carbocycles. The molecule has 0 radical (unpaired) electrons. The van der Waals surface area contributed by atoms with Crippen molar-refractivity contribution in [1.82, 2.24) is 15.6 Å².